The van der Waals surface area contributed by atoms with Gasteiger partial charge in [-0.15, -0.1) is 0 Å². The van der Waals surface area contributed by atoms with Crippen molar-refractivity contribution in [1.82, 2.24) is 4.98 Å². The van der Waals surface area contributed by atoms with E-state index < -0.39 is 0 Å². The molecule has 1 heterocycles. The lowest BCUT2D eigenvalue weighted by molar-refractivity contribution is 0.330. The van der Waals surface area contributed by atoms with Gasteiger partial charge in [-0.2, -0.15) is 0 Å². The van der Waals surface area contributed by atoms with Crippen LogP contribution in [-0.2, 0) is 0 Å². The van der Waals surface area contributed by atoms with Crippen LogP contribution in [-0.4, -0.2) is 11.0 Å². The Kier molecular flexibility index (Phi) is 3.77. The fourth-order valence-corrected chi connectivity index (χ4v) is 3.27. The van der Waals surface area contributed by atoms with Gasteiger partial charge in [-0.1, -0.05) is 13.3 Å². The molecule has 0 aliphatic heterocycles. The zero-order valence-electron chi connectivity index (χ0n) is 12.1. The summed E-state index contributed by atoms with van der Waals surface area (Å²) in [5, 5.41) is 5.92. The van der Waals surface area contributed by atoms with Gasteiger partial charge in [0.25, 0.3) is 0 Å². The molecule has 1 fully saturated rings. The Bertz CT molecular complexity index is 586. The first-order valence-corrected chi connectivity index (χ1v) is 7.66. The summed E-state index contributed by atoms with van der Waals surface area (Å²) < 4.78 is 0. The van der Waals surface area contributed by atoms with Crippen LogP contribution in [0, 0.1) is 5.92 Å². The minimum absolute atomic E-state index is 0.588. The minimum Gasteiger partial charge on any atom is -0.398 e. The van der Waals surface area contributed by atoms with E-state index >= 15 is 0 Å². The Morgan fingerprint density at radius 2 is 1.95 bits per heavy atom. The Hall–Kier alpha value is -1.77. The number of pyridine rings is 1. The third kappa shape index (κ3) is 2.58. The van der Waals surface area contributed by atoms with Gasteiger partial charge in [0.2, 0.25) is 0 Å². The molecule has 1 aliphatic carbocycles. The van der Waals surface area contributed by atoms with Crippen molar-refractivity contribution < 1.29 is 0 Å². The van der Waals surface area contributed by atoms with Crippen LogP contribution in [0.4, 0.5) is 11.4 Å². The van der Waals surface area contributed by atoms with Crippen molar-refractivity contribution in [3.05, 3.63) is 30.6 Å². The quantitative estimate of drug-likeness (QED) is 0.821. The number of nitrogens with one attached hydrogen (secondary N) is 1. The molecule has 3 rings (SSSR count). The number of hydrogen-bond donors (Lipinski definition) is 2. The largest absolute Gasteiger partial charge is 0.398 e. The zero-order valence-corrected chi connectivity index (χ0v) is 12.1. The maximum absolute atomic E-state index is 6.04. The lowest BCUT2D eigenvalue weighted by Gasteiger charge is -2.29. The van der Waals surface area contributed by atoms with E-state index in [0.29, 0.717) is 6.04 Å². The molecule has 0 saturated heterocycles. The summed E-state index contributed by atoms with van der Waals surface area (Å²) in [6, 6.07) is 6.65. The molecule has 0 unspecified atom stereocenters. The van der Waals surface area contributed by atoms with E-state index in [1.807, 2.05) is 18.3 Å². The maximum Gasteiger partial charge on any atom is 0.0439 e. The topological polar surface area (TPSA) is 50.9 Å². The van der Waals surface area contributed by atoms with Gasteiger partial charge >= 0.3 is 0 Å². The number of benzene rings is 1. The first-order valence-electron chi connectivity index (χ1n) is 7.66. The molecule has 3 nitrogen and oxygen atoms in total. The van der Waals surface area contributed by atoms with Crippen molar-refractivity contribution in [2.45, 2.75) is 45.1 Å². The summed E-state index contributed by atoms with van der Waals surface area (Å²) in [7, 11) is 0. The Labute approximate surface area is 120 Å². The van der Waals surface area contributed by atoms with E-state index in [1.165, 1.54) is 37.8 Å². The van der Waals surface area contributed by atoms with Gasteiger partial charge in [0, 0.05) is 40.6 Å². The lowest BCUT2D eigenvalue weighted by atomic mass is 9.84. The third-order valence-electron chi connectivity index (χ3n) is 4.64. The molecule has 3 heteroatoms. The molecule has 3 N–H and O–H groups in total. The smallest absolute Gasteiger partial charge is 0.0439 e. The highest BCUT2D eigenvalue weighted by molar-refractivity contribution is 6.00. The molecule has 1 aromatic heterocycles. The first kappa shape index (κ1) is 13.2. The van der Waals surface area contributed by atoms with Gasteiger partial charge in [-0.05, 0) is 49.8 Å². The summed E-state index contributed by atoms with van der Waals surface area (Å²) in [6.07, 6.45) is 10.3. The van der Waals surface area contributed by atoms with Crippen molar-refractivity contribution in [3.63, 3.8) is 0 Å². The Balaban J connectivity index is 1.80. The van der Waals surface area contributed by atoms with Gasteiger partial charge in [0.05, 0.1) is 0 Å². The second-order valence-electron chi connectivity index (χ2n) is 5.89. The van der Waals surface area contributed by atoms with E-state index in [9.17, 15) is 0 Å². The molecule has 0 amide bonds. The normalized spacial score (nSPS) is 22.9. The van der Waals surface area contributed by atoms with Crippen LogP contribution in [0.5, 0.6) is 0 Å². The van der Waals surface area contributed by atoms with Gasteiger partial charge in [-0.3, -0.25) is 4.98 Å². The lowest BCUT2D eigenvalue weighted by Crippen LogP contribution is -2.26. The summed E-state index contributed by atoms with van der Waals surface area (Å²) in [4.78, 5) is 4.24. The van der Waals surface area contributed by atoms with Crippen molar-refractivity contribution in [3.8, 4) is 0 Å². The standard InChI is InChI=1S/C17H23N3/c1-2-12-3-5-13(6-4-12)20-17-8-7-16(18)14-9-10-19-11-15(14)17/h7-13,20H,2-6,18H2,1H3. The van der Waals surface area contributed by atoms with Crippen LogP contribution in [0.3, 0.4) is 0 Å². The van der Waals surface area contributed by atoms with Crippen LogP contribution in [0.2, 0.25) is 0 Å². The number of nitrogen functional groups attached to an aromatic ring is 1. The number of rotatable bonds is 3. The number of aromatic nitrogens is 1. The van der Waals surface area contributed by atoms with Crippen LogP contribution >= 0.6 is 0 Å². The van der Waals surface area contributed by atoms with Gasteiger partial charge in [0.15, 0.2) is 0 Å². The van der Waals surface area contributed by atoms with Crippen LogP contribution in [0.15, 0.2) is 30.6 Å². The van der Waals surface area contributed by atoms with Crippen molar-refractivity contribution in [2.24, 2.45) is 5.92 Å². The second kappa shape index (κ2) is 5.70. The monoisotopic (exact) mass is 269 g/mol. The summed E-state index contributed by atoms with van der Waals surface area (Å²) >= 11 is 0. The minimum atomic E-state index is 0.588. The number of fused-ring (bicyclic) bond motifs is 1. The van der Waals surface area contributed by atoms with E-state index in [2.05, 4.69) is 23.3 Å². The van der Waals surface area contributed by atoms with Gasteiger partial charge in [-0.25, -0.2) is 0 Å². The molecule has 0 radical (unpaired) electrons. The molecular formula is C17H23N3. The van der Waals surface area contributed by atoms with E-state index in [-0.39, 0.29) is 0 Å². The third-order valence-corrected chi connectivity index (χ3v) is 4.64. The number of nitrogens with two attached hydrogens (primary N) is 1. The molecular weight excluding hydrogens is 246 g/mol. The van der Waals surface area contributed by atoms with Crippen molar-refractivity contribution in [2.75, 3.05) is 11.1 Å². The number of hydrogen-bond acceptors (Lipinski definition) is 3. The number of anilines is 2. The number of nitrogens with zero attached hydrogens (tertiary/aromatic N) is 1. The predicted octanol–water partition coefficient (Wildman–Crippen LogP) is 4.20. The fourth-order valence-electron chi connectivity index (χ4n) is 3.27. The maximum atomic E-state index is 6.04. The molecule has 1 saturated carbocycles. The summed E-state index contributed by atoms with van der Waals surface area (Å²) in [5.41, 5.74) is 8.03. The highest BCUT2D eigenvalue weighted by Gasteiger charge is 2.20. The van der Waals surface area contributed by atoms with Crippen LogP contribution < -0.4 is 11.1 Å². The zero-order chi connectivity index (χ0) is 13.9. The highest BCUT2D eigenvalue weighted by atomic mass is 14.9. The van der Waals surface area contributed by atoms with Gasteiger partial charge < -0.3 is 11.1 Å². The summed E-state index contributed by atoms with van der Waals surface area (Å²) in [5.74, 6) is 0.929. The predicted molar refractivity (Wildman–Crippen MR) is 85.8 cm³/mol. The second-order valence-corrected chi connectivity index (χ2v) is 5.89. The Morgan fingerprint density at radius 1 is 1.15 bits per heavy atom. The van der Waals surface area contributed by atoms with Crippen LogP contribution in [0.25, 0.3) is 10.8 Å². The molecule has 2 aromatic rings. The van der Waals surface area contributed by atoms with Gasteiger partial charge in [0.1, 0.15) is 0 Å². The molecule has 1 aromatic carbocycles. The molecule has 0 atom stereocenters. The summed E-state index contributed by atoms with van der Waals surface area (Å²) in [6.45, 7) is 2.30. The molecule has 1 aliphatic rings. The average molecular weight is 269 g/mol. The van der Waals surface area contributed by atoms with E-state index in [4.69, 9.17) is 5.73 Å². The van der Waals surface area contributed by atoms with Crippen molar-refractivity contribution in [1.29, 1.82) is 0 Å². The molecule has 20 heavy (non-hydrogen) atoms. The highest BCUT2D eigenvalue weighted by Crippen LogP contribution is 2.32. The van der Waals surface area contributed by atoms with E-state index in [1.54, 1.807) is 6.20 Å². The van der Waals surface area contributed by atoms with Crippen LogP contribution in [0.1, 0.15) is 39.0 Å². The average Bonchev–Trinajstić information content (AvgIpc) is 2.51. The molecule has 0 bridgehead atoms. The van der Waals surface area contributed by atoms with Crippen molar-refractivity contribution >= 4 is 22.1 Å². The first-order chi connectivity index (χ1) is 9.78. The Morgan fingerprint density at radius 3 is 2.70 bits per heavy atom. The molecule has 0 spiro atoms. The van der Waals surface area contributed by atoms with E-state index in [0.717, 1.165) is 22.4 Å². The SMILES string of the molecule is CCC1CCC(Nc2ccc(N)c3ccncc23)CC1. The molecule has 106 valence electrons. The fraction of sp³-hybridized carbons (Fsp3) is 0.471.